The van der Waals surface area contributed by atoms with Crippen LogP contribution < -0.4 is 0 Å². The minimum absolute atomic E-state index is 0.918. The largest absolute Gasteiger partial charge is 0.380 e. The Labute approximate surface area is 126 Å². The third kappa shape index (κ3) is 1.97. The molecule has 0 aliphatic rings. The van der Waals surface area contributed by atoms with E-state index in [1.807, 2.05) is 43.5 Å². The normalized spacial score (nSPS) is 14.6. The quantitative estimate of drug-likeness (QED) is 0.555. The van der Waals surface area contributed by atoms with Gasteiger partial charge in [-0.15, -0.1) is 11.3 Å². The highest BCUT2D eigenvalue weighted by molar-refractivity contribution is 7.19. The fraction of sp³-hybridized carbons (Fsp3) is 0.111. The lowest BCUT2D eigenvalue weighted by Crippen LogP contribution is -2.21. The molecule has 4 aromatic rings. The summed E-state index contributed by atoms with van der Waals surface area (Å²) >= 11 is 1.65. The second kappa shape index (κ2) is 4.45. The number of aliphatic hydroxyl groups is 1. The first kappa shape index (κ1) is 12.6. The number of nitrogens with one attached hydrogen (secondary N) is 1. The monoisotopic (exact) mass is 293 g/mol. The lowest BCUT2D eigenvalue weighted by molar-refractivity contribution is 0.106. The number of hydrogen-bond donors (Lipinski definition) is 2. The van der Waals surface area contributed by atoms with Crippen LogP contribution in [0.15, 0.2) is 60.8 Å². The first-order valence-corrected chi connectivity index (χ1v) is 7.75. The molecule has 2 aromatic heterocycles. The number of aromatic nitrogens is 1. The molecule has 2 heterocycles. The predicted octanol–water partition coefficient (Wildman–Crippen LogP) is 4.64. The van der Waals surface area contributed by atoms with Crippen molar-refractivity contribution in [3.63, 3.8) is 0 Å². The van der Waals surface area contributed by atoms with Crippen molar-refractivity contribution in [3.8, 4) is 0 Å². The van der Waals surface area contributed by atoms with Crippen LogP contribution in [0.1, 0.15) is 17.4 Å². The zero-order valence-corrected chi connectivity index (χ0v) is 12.4. The van der Waals surface area contributed by atoms with Gasteiger partial charge in [0.15, 0.2) is 0 Å². The fourth-order valence-corrected chi connectivity index (χ4v) is 3.85. The smallest absolute Gasteiger partial charge is 0.121 e. The summed E-state index contributed by atoms with van der Waals surface area (Å²) in [6.45, 7) is 1.87. The van der Waals surface area contributed by atoms with Crippen LogP contribution in [-0.2, 0) is 5.60 Å². The Morgan fingerprint density at radius 3 is 2.71 bits per heavy atom. The predicted molar refractivity (Wildman–Crippen MR) is 88.8 cm³/mol. The summed E-state index contributed by atoms with van der Waals surface area (Å²) < 4.78 is 1.20. The zero-order chi connectivity index (χ0) is 14.4. The molecule has 0 bridgehead atoms. The second-order valence-electron chi connectivity index (χ2n) is 5.50. The molecule has 0 radical (unpaired) electrons. The topological polar surface area (TPSA) is 36.0 Å². The Kier molecular flexibility index (Phi) is 2.67. The molecule has 2 nitrogen and oxygen atoms in total. The Morgan fingerprint density at radius 2 is 1.86 bits per heavy atom. The Hall–Kier alpha value is -2.10. The summed E-state index contributed by atoms with van der Waals surface area (Å²) in [5.74, 6) is 0. The minimum Gasteiger partial charge on any atom is -0.380 e. The lowest BCUT2D eigenvalue weighted by Gasteiger charge is -2.22. The molecule has 0 amide bonds. The molecular formula is C18H15NOS. The fourth-order valence-electron chi connectivity index (χ4n) is 2.72. The van der Waals surface area contributed by atoms with Crippen molar-refractivity contribution >= 4 is 32.3 Å². The van der Waals surface area contributed by atoms with E-state index in [0.29, 0.717) is 0 Å². The molecule has 0 saturated carbocycles. The van der Waals surface area contributed by atoms with Gasteiger partial charge in [-0.3, -0.25) is 0 Å². The lowest BCUT2D eigenvalue weighted by atomic mass is 9.93. The number of fused-ring (bicyclic) bond motifs is 2. The van der Waals surface area contributed by atoms with E-state index in [0.717, 1.165) is 21.3 Å². The molecule has 3 heteroatoms. The van der Waals surface area contributed by atoms with E-state index >= 15 is 0 Å². The maximum atomic E-state index is 11.1. The van der Waals surface area contributed by atoms with Gasteiger partial charge in [-0.1, -0.05) is 24.3 Å². The molecule has 1 atom stereocenters. The average Bonchev–Trinajstić information content (AvgIpc) is 3.13. The Morgan fingerprint density at radius 1 is 1.00 bits per heavy atom. The van der Waals surface area contributed by atoms with E-state index in [9.17, 15) is 5.11 Å². The molecule has 4 rings (SSSR count). The number of benzene rings is 2. The van der Waals surface area contributed by atoms with Crippen molar-refractivity contribution in [3.05, 3.63) is 71.2 Å². The maximum Gasteiger partial charge on any atom is 0.121 e. The summed E-state index contributed by atoms with van der Waals surface area (Å²) in [4.78, 5) is 4.15. The number of H-pyrrole nitrogens is 1. The minimum atomic E-state index is -0.977. The molecule has 0 aliphatic heterocycles. The van der Waals surface area contributed by atoms with E-state index in [2.05, 4.69) is 29.2 Å². The van der Waals surface area contributed by atoms with Gasteiger partial charge in [0.2, 0.25) is 0 Å². The second-order valence-corrected chi connectivity index (χ2v) is 6.58. The maximum absolute atomic E-state index is 11.1. The van der Waals surface area contributed by atoms with Gasteiger partial charge in [-0.2, -0.15) is 0 Å². The molecule has 2 aromatic carbocycles. The van der Waals surface area contributed by atoms with Crippen LogP contribution in [0.3, 0.4) is 0 Å². The van der Waals surface area contributed by atoms with Gasteiger partial charge in [0.25, 0.3) is 0 Å². The molecule has 0 saturated heterocycles. The van der Waals surface area contributed by atoms with Crippen molar-refractivity contribution in [2.75, 3.05) is 0 Å². The highest BCUT2D eigenvalue weighted by Crippen LogP contribution is 2.38. The molecule has 21 heavy (non-hydrogen) atoms. The van der Waals surface area contributed by atoms with Crippen LogP contribution in [0.4, 0.5) is 0 Å². The van der Waals surface area contributed by atoms with Crippen LogP contribution in [0.25, 0.3) is 21.0 Å². The number of thiophene rings is 1. The third-order valence-corrected chi connectivity index (χ3v) is 5.35. The van der Waals surface area contributed by atoms with Gasteiger partial charge in [0.05, 0.1) is 0 Å². The van der Waals surface area contributed by atoms with Crippen molar-refractivity contribution in [1.82, 2.24) is 4.98 Å². The van der Waals surface area contributed by atoms with E-state index in [-0.39, 0.29) is 0 Å². The summed E-state index contributed by atoms with van der Waals surface area (Å²) in [5.41, 5.74) is 1.03. The van der Waals surface area contributed by atoms with Crippen LogP contribution in [-0.4, -0.2) is 10.1 Å². The van der Waals surface area contributed by atoms with Gasteiger partial charge in [-0.05, 0) is 53.6 Å². The number of hydrogen-bond acceptors (Lipinski definition) is 2. The number of rotatable bonds is 2. The summed E-state index contributed by atoms with van der Waals surface area (Å²) in [6, 6.07) is 18.4. The van der Waals surface area contributed by atoms with Gasteiger partial charge >= 0.3 is 0 Å². The third-order valence-electron chi connectivity index (χ3n) is 4.02. The van der Waals surface area contributed by atoms with Crippen molar-refractivity contribution in [1.29, 1.82) is 0 Å². The van der Waals surface area contributed by atoms with Gasteiger partial charge < -0.3 is 10.1 Å². The molecule has 0 spiro atoms. The van der Waals surface area contributed by atoms with Gasteiger partial charge in [-0.25, -0.2) is 0 Å². The Balaban J connectivity index is 1.87. The van der Waals surface area contributed by atoms with Crippen LogP contribution >= 0.6 is 11.3 Å². The van der Waals surface area contributed by atoms with Gasteiger partial charge in [0.1, 0.15) is 5.60 Å². The molecule has 0 fully saturated rings. The van der Waals surface area contributed by atoms with Crippen LogP contribution in [0.2, 0.25) is 0 Å². The average molecular weight is 293 g/mol. The summed E-state index contributed by atoms with van der Waals surface area (Å²) in [7, 11) is 0. The van der Waals surface area contributed by atoms with Crippen molar-refractivity contribution < 1.29 is 5.11 Å². The first-order chi connectivity index (χ1) is 10.1. The molecule has 104 valence electrons. The highest BCUT2D eigenvalue weighted by Gasteiger charge is 2.28. The SMILES string of the molecule is CC(O)(c1ccc2[nH]ccc2c1)c1cc2ccccc2s1. The van der Waals surface area contributed by atoms with Crippen molar-refractivity contribution in [2.24, 2.45) is 0 Å². The summed E-state index contributed by atoms with van der Waals surface area (Å²) in [6.07, 6.45) is 1.92. The van der Waals surface area contributed by atoms with E-state index in [1.54, 1.807) is 11.3 Å². The zero-order valence-electron chi connectivity index (χ0n) is 11.6. The molecule has 1 unspecified atom stereocenters. The first-order valence-electron chi connectivity index (χ1n) is 6.94. The molecular weight excluding hydrogens is 278 g/mol. The molecule has 2 N–H and O–H groups in total. The van der Waals surface area contributed by atoms with E-state index in [4.69, 9.17) is 0 Å². The summed E-state index contributed by atoms with van der Waals surface area (Å²) in [5, 5.41) is 13.4. The number of aromatic amines is 1. The molecule has 0 aliphatic carbocycles. The van der Waals surface area contributed by atoms with Crippen LogP contribution in [0.5, 0.6) is 0 Å². The van der Waals surface area contributed by atoms with Crippen LogP contribution in [0, 0.1) is 0 Å². The standard InChI is InChI=1S/C18H15NOS/c1-18(20,14-6-7-15-12(10-14)8-9-19-15)17-11-13-4-2-3-5-16(13)21-17/h2-11,19-20H,1H3. The van der Waals surface area contributed by atoms with E-state index < -0.39 is 5.60 Å². The van der Waals surface area contributed by atoms with Gasteiger partial charge in [0, 0.05) is 21.3 Å². The Bertz CT molecular complexity index is 895. The highest BCUT2D eigenvalue weighted by atomic mass is 32.1. The van der Waals surface area contributed by atoms with E-state index in [1.165, 1.54) is 10.1 Å². The van der Waals surface area contributed by atoms with Crippen molar-refractivity contribution in [2.45, 2.75) is 12.5 Å².